The number of hydrogen-bond acceptors (Lipinski definition) is 2. The summed E-state index contributed by atoms with van der Waals surface area (Å²) in [6, 6.07) is -0.200. The maximum Gasteiger partial charge on any atom is 0.329 e. The van der Waals surface area contributed by atoms with Crippen molar-refractivity contribution >= 4 is 12.0 Å². The Kier molecular flexibility index (Phi) is 7.49. The molecule has 0 unspecified atom stereocenters. The monoisotopic (exact) mass is 272 g/mol. The average Bonchev–Trinajstić information content (AvgIpc) is 2.37. The normalized spacial score (nSPS) is 11.2. The van der Waals surface area contributed by atoms with Crippen LogP contribution in [-0.4, -0.2) is 52.6 Å². The van der Waals surface area contributed by atoms with Gasteiger partial charge in [0.05, 0.1) is 0 Å². The molecule has 5 heteroatoms. The van der Waals surface area contributed by atoms with E-state index >= 15 is 0 Å². The molecule has 0 heterocycles. The lowest BCUT2D eigenvalue weighted by Crippen LogP contribution is -2.55. The summed E-state index contributed by atoms with van der Waals surface area (Å²) in [5.74, 6) is -0.991. The fraction of sp³-hybridized carbons (Fsp3) is 0.857. The minimum atomic E-state index is -1.19. The van der Waals surface area contributed by atoms with Gasteiger partial charge in [0.25, 0.3) is 0 Å². The van der Waals surface area contributed by atoms with Crippen molar-refractivity contribution in [2.75, 3.05) is 20.1 Å². The van der Waals surface area contributed by atoms with Crippen molar-refractivity contribution in [1.29, 1.82) is 0 Å². The number of likely N-dealkylation sites (N-methyl/N-ethyl adjacent to an activating group) is 1. The van der Waals surface area contributed by atoms with Crippen LogP contribution in [0.2, 0.25) is 0 Å². The third-order valence-corrected chi connectivity index (χ3v) is 3.48. The molecule has 0 atom stereocenters. The van der Waals surface area contributed by atoms with E-state index in [0.717, 1.165) is 25.7 Å². The van der Waals surface area contributed by atoms with Crippen molar-refractivity contribution in [3.63, 3.8) is 0 Å². The van der Waals surface area contributed by atoms with E-state index in [2.05, 4.69) is 13.8 Å². The van der Waals surface area contributed by atoms with Crippen LogP contribution in [0.25, 0.3) is 0 Å². The van der Waals surface area contributed by atoms with Gasteiger partial charge in [-0.3, -0.25) is 0 Å². The zero-order chi connectivity index (χ0) is 15.1. The largest absolute Gasteiger partial charge is 0.480 e. The van der Waals surface area contributed by atoms with Crippen LogP contribution in [0.5, 0.6) is 0 Å². The predicted octanol–water partition coefficient (Wildman–Crippen LogP) is 2.80. The number of carbonyl (C=O) groups excluding carboxylic acids is 1. The molecule has 0 saturated heterocycles. The third-order valence-electron chi connectivity index (χ3n) is 3.48. The van der Waals surface area contributed by atoms with Crippen molar-refractivity contribution in [3.05, 3.63) is 0 Å². The molecule has 2 amide bonds. The van der Waals surface area contributed by atoms with Crippen LogP contribution < -0.4 is 0 Å². The van der Waals surface area contributed by atoms with Gasteiger partial charge in [-0.1, -0.05) is 26.7 Å². The molecule has 0 saturated carbocycles. The fourth-order valence-electron chi connectivity index (χ4n) is 1.60. The highest BCUT2D eigenvalue weighted by Gasteiger charge is 2.36. The van der Waals surface area contributed by atoms with E-state index in [-0.39, 0.29) is 6.03 Å². The molecule has 0 radical (unpaired) electrons. The van der Waals surface area contributed by atoms with Crippen molar-refractivity contribution in [2.24, 2.45) is 0 Å². The van der Waals surface area contributed by atoms with E-state index in [1.165, 1.54) is 4.90 Å². The lowest BCUT2D eigenvalue weighted by molar-refractivity contribution is -0.147. The summed E-state index contributed by atoms with van der Waals surface area (Å²) in [5, 5.41) is 9.18. The van der Waals surface area contributed by atoms with E-state index in [1.54, 1.807) is 25.8 Å². The van der Waals surface area contributed by atoms with Crippen molar-refractivity contribution < 1.29 is 14.7 Å². The number of carboxylic acid groups (broad SMARTS) is 1. The first kappa shape index (κ1) is 17.7. The highest BCUT2D eigenvalue weighted by Crippen LogP contribution is 2.15. The molecule has 0 aliphatic carbocycles. The van der Waals surface area contributed by atoms with E-state index in [0.29, 0.717) is 13.1 Å². The molecule has 19 heavy (non-hydrogen) atoms. The van der Waals surface area contributed by atoms with Gasteiger partial charge in [0.2, 0.25) is 0 Å². The summed E-state index contributed by atoms with van der Waals surface area (Å²) in [6.45, 7) is 8.63. The number of nitrogens with zero attached hydrogens (tertiary/aromatic N) is 2. The number of carboxylic acids is 1. The zero-order valence-corrected chi connectivity index (χ0v) is 12.9. The predicted molar refractivity (Wildman–Crippen MR) is 76.3 cm³/mol. The Morgan fingerprint density at radius 3 is 1.79 bits per heavy atom. The van der Waals surface area contributed by atoms with Crippen LogP contribution in [0.15, 0.2) is 0 Å². The van der Waals surface area contributed by atoms with Gasteiger partial charge in [0, 0.05) is 20.1 Å². The van der Waals surface area contributed by atoms with Gasteiger partial charge in [0.15, 0.2) is 0 Å². The third kappa shape index (κ3) is 5.09. The number of hydrogen-bond donors (Lipinski definition) is 1. The Morgan fingerprint density at radius 1 is 1.05 bits per heavy atom. The molecular formula is C14H28N2O3. The Hall–Kier alpha value is -1.26. The van der Waals surface area contributed by atoms with Gasteiger partial charge in [-0.2, -0.15) is 0 Å². The van der Waals surface area contributed by atoms with E-state index in [4.69, 9.17) is 0 Å². The quantitative estimate of drug-likeness (QED) is 0.739. The molecule has 0 rings (SSSR count). The lowest BCUT2D eigenvalue weighted by atomic mass is 10.0. The molecular weight excluding hydrogens is 244 g/mol. The van der Waals surface area contributed by atoms with Crippen LogP contribution in [0, 0.1) is 0 Å². The number of urea groups is 1. The first-order chi connectivity index (χ1) is 8.78. The van der Waals surface area contributed by atoms with Crippen molar-refractivity contribution in [3.8, 4) is 0 Å². The Bertz CT molecular complexity index is 295. The second-order valence-electron chi connectivity index (χ2n) is 5.40. The zero-order valence-electron chi connectivity index (χ0n) is 12.9. The smallest absolute Gasteiger partial charge is 0.329 e. The molecule has 0 spiro atoms. The molecule has 1 N–H and O–H groups in total. The van der Waals surface area contributed by atoms with Crippen molar-refractivity contribution in [1.82, 2.24) is 9.80 Å². The topological polar surface area (TPSA) is 60.9 Å². The molecule has 0 fully saturated rings. The summed E-state index contributed by atoms with van der Waals surface area (Å²) in [6.07, 6.45) is 3.91. The summed E-state index contributed by atoms with van der Waals surface area (Å²) < 4.78 is 0. The van der Waals surface area contributed by atoms with Gasteiger partial charge in [-0.25, -0.2) is 9.59 Å². The van der Waals surface area contributed by atoms with Crippen molar-refractivity contribution in [2.45, 2.75) is 58.9 Å². The highest BCUT2D eigenvalue weighted by atomic mass is 16.4. The molecule has 5 nitrogen and oxygen atoms in total. The van der Waals surface area contributed by atoms with Gasteiger partial charge in [0.1, 0.15) is 5.54 Å². The number of amides is 2. The molecule has 0 aromatic heterocycles. The summed E-state index contributed by atoms with van der Waals surface area (Å²) in [7, 11) is 1.56. The molecule has 0 aromatic rings. The summed E-state index contributed by atoms with van der Waals surface area (Å²) in [5.41, 5.74) is -1.19. The Labute approximate surface area is 116 Å². The maximum atomic E-state index is 12.4. The number of unbranched alkanes of at least 4 members (excludes halogenated alkanes) is 2. The summed E-state index contributed by atoms with van der Waals surface area (Å²) >= 11 is 0. The lowest BCUT2D eigenvalue weighted by Gasteiger charge is -2.36. The van der Waals surface area contributed by atoms with Gasteiger partial charge in [-0.05, 0) is 26.7 Å². The SMILES string of the molecule is CCCCN(CCCC)C(=O)N(C)C(C)(C)C(=O)O. The summed E-state index contributed by atoms with van der Waals surface area (Å²) in [4.78, 5) is 26.7. The number of aliphatic carboxylic acids is 1. The average molecular weight is 272 g/mol. The minimum absolute atomic E-state index is 0.200. The number of rotatable bonds is 8. The van der Waals surface area contributed by atoms with E-state index in [1.807, 2.05) is 0 Å². The van der Waals surface area contributed by atoms with Crippen LogP contribution >= 0.6 is 0 Å². The molecule has 112 valence electrons. The Morgan fingerprint density at radius 2 is 1.47 bits per heavy atom. The highest BCUT2D eigenvalue weighted by molar-refractivity contribution is 5.85. The first-order valence-corrected chi connectivity index (χ1v) is 7.05. The maximum absolute atomic E-state index is 12.4. The fourth-order valence-corrected chi connectivity index (χ4v) is 1.60. The molecule has 0 aliphatic heterocycles. The van der Waals surface area contributed by atoms with Gasteiger partial charge < -0.3 is 14.9 Å². The minimum Gasteiger partial charge on any atom is -0.480 e. The van der Waals surface area contributed by atoms with Gasteiger partial charge >= 0.3 is 12.0 Å². The Balaban J connectivity index is 4.81. The molecule has 0 aromatic carbocycles. The van der Waals surface area contributed by atoms with E-state index < -0.39 is 11.5 Å². The first-order valence-electron chi connectivity index (χ1n) is 7.05. The second-order valence-corrected chi connectivity index (χ2v) is 5.40. The van der Waals surface area contributed by atoms with Crippen LogP contribution in [-0.2, 0) is 4.79 Å². The molecule has 0 bridgehead atoms. The van der Waals surface area contributed by atoms with Crippen LogP contribution in [0.1, 0.15) is 53.4 Å². The van der Waals surface area contributed by atoms with Crippen LogP contribution in [0.3, 0.4) is 0 Å². The number of carbonyl (C=O) groups is 2. The van der Waals surface area contributed by atoms with Gasteiger partial charge in [-0.15, -0.1) is 0 Å². The standard InChI is InChI=1S/C14H28N2O3/c1-6-8-10-16(11-9-7-2)13(19)15(5)14(3,4)12(17)18/h6-11H2,1-5H3,(H,17,18). The second kappa shape index (κ2) is 8.02. The van der Waals surface area contributed by atoms with Crippen LogP contribution in [0.4, 0.5) is 4.79 Å². The van der Waals surface area contributed by atoms with E-state index in [9.17, 15) is 14.7 Å². The molecule has 0 aliphatic rings.